The molecular weight excluding hydrogens is 338 g/mol. The van der Waals surface area contributed by atoms with Gasteiger partial charge < -0.3 is 0 Å². The first-order valence-electron chi connectivity index (χ1n) is 7.66. The summed E-state index contributed by atoms with van der Waals surface area (Å²) >= 11 is 3.50. The molecule has 1 aliphatic heterocycles. The van der Waals surface area contributed by atoms with Gasteiger partial charge in [0.05, 0.1) is 17.8 Å². The molecule has 1 aliphatic carbocycles. The van der Waals surface area contributed by atoms with Gasteiger partial charge in [-0.05, 0) is 60.7 Å². The molecule has 0 saturated heterocycles. The Bertz CT molecular complexity index is 731. The summed E-state index contributed by atoms with van der Waals surface area (Å²) in [6.45, 7) is 2.81. The lowest BCUT2D eigenvalue weighted by atomic mass is 9.91. The van der Waals surface area contributed by atoms with E-state index in [1.54, 1.807) is 0 Å². The number of nitrogens with zero attached hydrogens (tertiary/aromatic N) is 1. The van der Waals surface area contributed by atoms with Crippen molar-refractivity contribution in [3.05, 3.63) is 70.2 Å². The summed E-state index contributed by atoms with van der Waals surface area (Å²) in [5, 5.41) is 2.13. The Hall–Kier alpha value is -1.58. The molecule has 2 nitrogen and oxygen atoms in total. The highest BCUT2D eigenvalue weighted by Crippen LogP contribution is 2.55. The van der Waals surface area contributed by atoms with Crippen molar-refractivity contribution >= 4 is 27.2 Å². The maximum Gasteiger partial charge on any atom is 0.0937 e. The van der Waals surface area contributed by atoms with Crippen LogP contribution in [0.4, 0.5) is 5.69 Å². The molecule has 0 unspecified atom stereocenters. The third-order valence-corrected chi connectivity index (χ3v) is 5.13. The lowest BCUT2D eigenvalue weighted by Gasteiger charge is -2.38. The molecule has 0 bridgehead atoms. The topological polar surface area (TPSA) is 12.5 Å². The second kappa shape index (κ2) is 5.25. The lowest BCUT2D eigenvalue weighted by Crippen LogP contribution is -2.41. The maximum absolute atomic E-state index is 6.01. The number of aryl methyl sites for hydroxylation is 1. The summed E-state index contributed by atoms with van der Waals surface area (Å²) in [6, 6.07) is 17.0. The number of anilines is 1. The summed E-state index contributed by atoms with van der Waals surface area (Å²) in [4.78, 5) is 6.01. The molecule has 1 saturated carbocycles. The van der Waals surface area contributed by atoms with E-state index in [9.17, 15) is 0 Å². The third-order valence-electron chi connectivity index (χ3n) is 4.60. The first-order chi connectivity index (χ1) is 10.7. The van der Waals surface area contributed by atoms with Crippen molar-refractivity contribution in [1.82, 2.24) is 0 Å². The van der Waals surface area contributed by atoms with E-state index in [4.69, 9.17) is 4.84 Å². The third kappa shape index (κ3) is 2.20. The average Bonchev–Trinajstić information content (AvgIpc) is 3.31. The number of rotatable bonds is 2. The zero-order valence-corrected chi connectivity index (χ0v) is 14.1. The predicted molar refractivity (Wildman–Crippen MR) is 93.7 cm³/mol. The maximum atomic E-state index is 6.01. The molecule has 112 valence electrons. The molecule has 4 rings (SSSR count). The highest BCUT2D eigenvalue weighted by atomic mass is 79.9. The van der Waals surface area contributed by atoms with E-state index in [2.05, 4.69) is 82.5 Å². The van der Waals surface area contributed by atoms with Crippen LogP contribution in [0.3, 0.4) is 0 Å². The van der Waals surface area contributed by atoms with E-state index < -0.39 is 0 Å². The van der Waals surface area contributed by atoms with Crippen LogP contribution in [0.2, 0.25) is 0 Å². The van der Waals surface area contributed by atoms with E-state index in [0.717, 1.165) is 23.0 Å². The van der Waals surface area contributed by atoms with Crippen molar-refractivity contribution in [2.75, 3.05) is 11.7 Å². The van der Waals surface area contributed by atoms with Crippen molar-refractivity contribution in [2.24, 2.45) is 0 Å². The van der Waals surface area contributed by atoms with E-state index in [0.29, 0.717) is 6.61 Å². The fourth-order valence-corrected chi connectivity index (χ4v) is 3.61. The first-order valence-corrected chi connectivity index (χ1v) is 8.45. The van der Waals surface area contributed by atoms with Gasteiger partial charge >= 0.3 is 0 Å². The monoisotopic (exact) mass is 355 g/mol. The number of halogens is 1. The Kier molecular flexibility index (Phi) is 3.35. The molecular formula is C19H18BrNO. The molecule has 1 fully saturated rings. The van der Waals surface area contributed by atoms with Crippen molar-refractivity contribution in [3.8, 4) is 0 Å². The van der Waals surface area contributed by atoms with Crippen LogP contribution in [0.5, 0.6) is 0 Å². The molecule has 2 aliphatic rings. The zero-order chi connectivity index (χ0) is 15.2. The smallest absolute Gasteiger partial charge is 0.0937 e. The molecule has 0 radical (unpaired) electrons. The van der Waals surface area contributed by atoms with Crippen LogP contribution in [-0.4, -0.2) is 12.1 Å². The molecule has 0 atom stereocenters. The Morgan fingerprint density at radius 3 is 2.45 bits per heavy atom. The van der Waals surface area contributed by atoms with Gasteiger partial charge in [-0.3, -0.25) is 4.84 Å². The first kappa shape index (κ1) is 14.0. The molecule has 2 aromatic carbocycles. The summed E-state index contributed by atoms with van der Waals surface area (Å²) in [5.74, 6) is 0. The van der Waals surface area contributed by atoms with Gasteiger partial charge in [0.1, 0.15) is 0 Å². The molecule has 2 aromatic rings. The van der Waals surface area contributed by atoms with Crippen LogP contribution in [0, 0.1) is 6.92 Å². The second-order valence-electron chi connectivity index (χ2n) is 6.03. The van der Waals surface area contributed by atoms with Crippen LogP contribution in [0.25, 0.3) is 5.57 Å². The number of hydroxylamine groups is 1. The van der Waals surface area contributed by atoms with Crippen LogP contribution < -0.4 is 5.06 Å². The van der Waals surface area contributed by atoms with E-state index in [1.807, 2.05) is 0 Å². The van der Waals surface area contributed by atoms with Crippen molar-refractivity contribution in [3.63, 3.8) is 0 Å². The number of benzene rings is 2. The van der Waals surface area contributed by atoms with Gasteiger partial charge in [0.25, 0.3) is 0 Å². The van der Waals surface area contributed by atoms with E-state index in [1.165, 1.54) is 16.7 Å². The quantitative estimate of drug-likeness (QED) is 0.740. The van der Waals surface area contributed by atoms with Crippen molar-refractivity contribution in [1.29, 1.82) is 0 Å². The number of hydrogen-bond acceptors (Lipinski definition) is 2. The fourth-order valence-electron chi connectivity index (χ4n) is 3.34. The van der Waals surface area contributed by atoms with Gasteiger partial charge in [-0.1, -0.05) is 46.3 Å². The largest absolute Gasteiger partial charge is 0.268 e. The van der Waals surface area contributed by atoms with Gasteiger partial charge in [0.15, 0.2) is 0 Å². The van der Waals surface area contributed by atoms with E-state index >= 15 is 0 Å². The van der Waals surface area contributed by atoms with Crippen LogP contribution >= 0.6 is 15.9 Å². The summed E-state index contributed by atoms with van der Waals surface area (Å²) in [5.41, 5.74) is 5.24. The summed E-state index contributed by atoms with van der Waals surface area (Å²) in [6.07, 6.45) is 4.54. The van der Waals surface area contributed by atoms with Gasteiger partial charge in [-0.2, -0.15) is 0 Å². The highest BCUT2D eigenvalue weighted by Gasteiger charge is 2.54. The molecule has 0 N–H and O–H groups in total. The normalized spacial score (nSPS) is 19.2. The van der Waals surface area contributed by atoms with Crippen LogP contribution in [0.15, 0.2) is 59.1 Å². The summed E-state index contributed by atoms with van der Waals surface area (Å²) < 4.78 is 1.09. The Morgan fingerprint density at radius 1 is 1.05 bits per heavy atom. The minimum absolute atomic E-state index is 0.0121. The zero-order valence-electron chi connectivity index (χ0n) is 12.6. The molecule has 0 aromatic heterocycles. The Labute approximate surface area is 139 Å². The van der Waals surface area contributed by atoms with Crippen LogP contribution in [-0.2, 0) is 4.84 Å². The molecule has 3 heteroatoms. The highest BCUT2D eigenvalue weighted by molar-refractivity contribution is 9.10. The minimum atomic E-state index is 0.0121. The summed E-state index contributed by atoms with van der Waals surface area (Å²) in [7, 11) is 0. The Morgan fingerprint density at radius 2 is 1.77 bits per heavy atom. The fraction of sp³-hybridized carbons (Fsp3) is 0.263. The predicted octanol–water partition coefficient (Wildman–Crippen LogP) is 5.13. The number of hydrogen-bond donors (Lipinski definition) is 0. The van der Waals surface area contributed by atoms with Gasteiger partial charge in [-0.25, -0.2) is 5.06 Å². The van der Waals surface area contributed by atoms with E-state index in [-0.39, 0.29) is 5.54 Å². The average molecular weight is 356 g/mol. The van der Waals surface area contributed by atoms with Gasteiger partial charge in [-0.15, -0.1) is 0 Å². The van der Waals surface area contributed by atoms with Crippen molar-refractivity contribution in [2.45, 2.75) is 25.3 Å². The molecule has 1 spiro atoms. The lowest BCUT2D eigenvalue weighted by molar-refractivity contribution is 0.107. The second-order valence-corrected chi connectivity index (χ2v) is 6.95. The van der Waals surface area contributed by atoms with Crippen LogP contribution in [0.1, 0.15) is 24.0 Å². The van der Waals surface area contributed by atoms with Crippen molar-refractivity contribution < 1.29 is 4.84 Å². The molecule has 0 amide bonds. The molecule has 22 heavy (non-hydrogen) atoms. The van der Waals surface area contributed by atoms with Gasteiger partial charge in [0.2, 0.25) is 0 Å². The molecule has 1 heterocycles. The SMILES string of the molecule is Cc1ccccc1C1=CCON(c2ccc(Br)cc2)C12CC2. The standard InChI is InChI=1S/C19H18BrNO/c1-14-4-2-3-5-17(14)18-10-13-22-21(19(18)11-12-19)16-8-6-15(20)7-9-16/h2-10H,11-13H2,1H3. The minimum Gasteiger partial charge on any atom is -0.268 e. The Balaban J connectivity index is 1.75. The van der Waals surface area contributed by atoms with Gasteiger partial charge in [0, 0.05) is 4.47 Å².